The molecule has 2 heterocycles. The molecule has 1 aromatic heterocycles. The summed E-state index contributed by atoms with van der Waals surface area (Å²) in [7, 11) is 0. The van der Waals surface area contributed by atoms with Gasteiger partial charge in [-0.2, -0.15) is 4.98 Å². The van der Waals surface area contributed by atoms with Crippen molar-refractivity contribution in [1.82, 2.24) is 9.97 Å². The third kappa shape index (κ3) is 2.76. The zero-order valence-corrected chi connectivity index (χ0v) is 11.3. The maximum absolute atomic E-state index is 11.4. The normalized spacial score (nSPS) is 14.2. The van der Waals surface area contributed by atoms with Gasteiger partial charge >= 0.3 is 11.6 Å². The molecule has 0 bridgehead atoms. The molecule has 1 saturated heterocycles. The van der Waals surface area contributed by atoms with E-state index >= 15 is 0 Å². The number of benzene rings is 1. The molecule has 7 heteroatoms. The highest BCUT2D eigenvalue weighted by atomic mass is 16.6. The van der Waals surface area contributed by atoms with Gasteiger partial charge in [-0.1, -0.05) is 18.2 Å². The van der Waals surface area contributed by atoms with Crippen molar-refractivity contribution in [3.05, 3.63) is 46.8 Å². The Labute approximate surface area is 121 Å². The van der Waals surface area contributed by atoms with Gasteiger partial charge < -0.3 is 9.64 Å². The maximum atomic E-state index is 11.4. The molecule has 21 heavy (non-hydrogen) atoms. The molecule has 0 atom stereocenters. The molecule has 1 aliphatic heterocycles. The number of nitro groups is 1. The van der Waals surface area contributed by atoms with Crippen molar-refractivity contribution in [2.45, 2.75) is 12.8 Å². The van der Waals surface area contributed by atoms with Gasteiger partial charge in [-0.15, -0.1) is 0 Å². The quantitative estimate of drug-likeness (QED) is 0.635. The number of nitrogens with zero attached hydrogens (tertiary/aromatic N) is 4. The standard InChI is InChI=1S/C14H14N4O3/c19-18(20)12-13(17-8-4-5-9-17)15-10-16-14(12)21-11-6-2-1-3-7-11/h1-3,6-7,10H,4-5,8-9H2. The minimum atomic E-state index is -0.480. The molecule has 2 aromatic rings. The molecule has 1 aliphatic rings. The molecule has 0 unspecified atom stereocenters. The Bertz CT molecular complexity index is 642. The van der Waals surface area contributed by atoms with E-state index in [2.05, 4.69) is 9.97 Å². The van der Waals surface area contributed by atoms with Crippen LogP contribution in [0.1, 0.15) is 12.8 Å². The molecule has 3 rings (SSSR count). The summed E-state index contributed by atoms with van der Waals surface area (Å²) in [6.45, 7) is 1.53. The molecular formula is C14H14N4O3. The highest BCUT2D eigenvalue weighted by Crippen LogP contribution is 2.36. The zero-order valence-electron chi connectivity index (χ0n) is 11.3. The summed E-state index contributed by atoms with van der Waals surface area (Å²) < 4.78 is 5.55. The highest BCUT2D eigenvalue weighted by molar-refractivity contribution is 5.63. The molecule has 0 saturated carbocycles. The van der Waals surface area contributed by atoms with Crippen molar-refractivity contribution >= 4 is 11.5 Å². The van der Waals surface area contributed by atoms with Crippen molar-refractivity contribution in [3.8, 4) is 11.6 Å². The van der Waals surface area contributed by atoms with Crippen molar-refractivity contribution < 1.29 is 9.66 Å². The van der Waals surface area contributed by atoms with Crippen LogP contribution in [0.4, 0.5) is 11.5 Å². The van der Waals surface area contributed by atoms with E-state index in [1.165, 1.54) is 6.33 Å². The Morgan fingerprint density at radius 3 is 2.52 bits per heavy atom. The van der Waals surface area contributed by atoms with Gasteiger partial charge in [0.15, 0.2) is 0 Å². The van der Waals surface area contributed by atoms with Gasteiger partial charge in [-0.05, 0) is 25.0 Å². The van der Waals surface area contributed by atoms with Gasteiger partial charge in [-0.25, -0.2) is 4.98 Å². The van der Waals surface area contributed by atoms with Gasteiger partial charge in [0, 0.05) is 13.1 Å². The number of anilines is 1. The van der Waals surface area contributed by atoms with E-state index in [1.54, 1.807) is 24.3 Å². The van der Waals surface area contributed by atoms with Crippen LogP contribution in [0.25, 0.3) is 0 Å². The lowest BCUT2D eigenvalue weighted by Crippen LogP contribution is -2.20. The van der Waals surface area contributed by atoms with Gasteiger partial charge in [0.2, 0.25) is 5.82 Å². The van der Waals surface area contributed by atoms with Crippen LogP contribution in [0.15, 0.2) is 36.7 Å². The first kappa shape index (κ1) is 13.3. The Morgan fingerprint density at radius 1 is 1.14 bits per heavy atom. The molecule has 1 fully saturated rings. The molecular weight excluding hydrogens is 272 g/mol. The van der Waals surface area contributed by atoms with Crippen LogP contribution in [-0.4, -0.2) is 28.0 Å². The third-order valence-corrected chi connectivity index (χ3v) is 3.32. The number of aromatic nitrogens is 2. The van der Waals surface area contributed by atoms with E-state index < -0.39 is 4.92 Å². The monoisotopic (exact) mass is 286 g/mol. The highest BCUT2D eigenvalue weighted by Gasteiger charge is 2.29. The van der Waals surface area contributed by atoms with E-state index in [0.717, 1.165) is 25.9 Å². The summed E-state index contributed by atoms with van der Waals surface area (Å²) in [6, 6.07) is 8.88. The molecule has 0 aliphatic carbocycles. The number of para-hydroxylation sites is 1. The third-order valence-electron chi connectivity index (χ3n) is 3.32. The molecule has 0 spiro atoms. The van der Waals surface area contributed by atoms with Crippen molar-refractivity contribution in [2.24, 2.45) is 0 Å². The number of rotatable bonds is 4. The molecule has 0 N–H and O–H groups in total. The van der Waals surface area contributed by atoms with E-state index in [-0.39, 0.29) is 11.6 Å². The largest absolute Gasteiger partial charge is 0.434 e. The van der Waals surface area contributed by atoms with Gasteiger partial charge in [0.05, 0.1) is 4.92 Å². The Kier molecular flexibility index (Phi) is 3.63. The molecule has 108 valence electrons. The Morgan fingerprint density at radius 2 is 1.86 bits per heavy atom. The van der Waals surface area contributed by atoms with Gasteiger partial charge in [0.1, 0.15) is 12.1 Å². The molecule has 0 radical (unpaired) electrons. The van der Waals surface area contributed by atoms with Crippen LogP contribution >= 0.6 is 0 Å². The lowest BCUT2D eigenvalue weighted by Gasteiger charge is -2.16. The number of hydrogen-bond acceptors (Lipinski definition) is 6. The van der Waals surface area contributed by atoms with Crippen molar-refractivity contribution in [2.75, 3.05) is 18.0 Å². The van der Waals surface area contributed by atoms with E-state index in [1.807, 2.05) is 11.0 Å². The summed E-state index contributed by atoms with van der Waals surface area (Å²) in [5, 5.41) is 11.4. The van der Waals surface area contributed by atoms with Crippen molar-refractivity contribution in [1.29, 1.82) is 0 Å². The second-order valence-corrected chi connectivity index (χ2v) is 4.72. The summed E-state index contributed by atoms with van der Waals surface area (Å²) in [5.74, 6) is 0.813. The fourth-order valence-corrected chi connectivity index (χ4v) is 2.35. The first-order valence-corrected chi connectivity index (χ1v) is 6.73. The second kappa shape index (κ2) is 5.74. The second-order valence-electron chi connectivity index (χ2n) is 4.72. The van der Waals surface area contributed by atoms with E-state index in [9.17, 15) is 10.1 Å². The molecule has 1 aromatic carbocycles. The van der Waals surface area contributed by atoms with Crippen LogP contribution < -0.4 is 9.64 Å². The summed E-state index contributed by atoms with van der Waals surface area (Å²) in [6.07, 6.45) is 3.32. The SMILES string of the molecule is O=[N+]([O-])c1c(Oc2ccccc2)ncnc1N1CCCC1. The summed E-state index contributed by atoms with van der Waals surface area (Å²) >= 11 is 0. The Hall–Kier alpha value is -2.70. The number of ether oxygens (including phenoxy) is 1. The maximum Gasteiger partial charge on any atom is 0.373 e. The van der Waals surface area contributed by atoms with Crippen LogP contribution in [0.2, 0.25) is 0 Å². The fraction of sp³-hybridized carbons (Fsp3) is 0.286. The van der Waals surface area contributed by atoms with Crippen LogP contribution in [0.3, 0.4) is 0 Å². The van der Waals surface area contributed by atoms with Gasteiger partial charge in [-0.3, -0.25) is 10.1 Å². The summed E-state index contributed by atoms with van der Waals surface area (Å²) in [5.41, 5.74) is -0.178. The number of hydrogen-bond donors (Lipinski definition) is 0. The van der Waals surface area contributed by atoms with Crippen LogP contribution in [0.5, 0.6) is 11.6 Å². The van der Waals surface area contributed by atoms with Crippen LogP contribution in [-0.2, 0) is 0 Å². The van der Waals surface area contributed by atoms with Crippen LogP contribution in [0, 0.1) is 10.1 Å². The predicted octanol–water partition coefficient (Wildman–Crippen LogP) is 2.78. The predicted molar refractivity (Wildman–Crippen MR) is 76.6 cm³/mol. The minimum Gasteiger partial charge on any atom is -0.434 e. The van der Waals surface area contributed by atoms with E-state index in [0.29, 0.717) is 11.6 Å². The smallest absolute Gasteiger partial charge is 0.373 e. The first-order valence-electron chi connectivity index (χ1n) is 6.73. The molecule has 0 amide bonds. The summed E-state index contributed by atoms with van der Waals surface area (Å²) in [4.78, 5) is 20.8. The fourth-order valence-electron chi connectivity index (χ4n) is 2.35. The topological polar surface area (TPSA) is 81.4 Å². The zero-order chi connectivity index (χ0) is 14.7. The van der Waals surface area contributed by atoms with Crippen molar-refractivity contribution in [3.63, 3.8) is 0 Å². The van der Waals surface area contributed by atoms with Gasteiger partial charge in [0.25, 0.3) is 0 Å². The lowest BCUT2D eigenvalue weighted by atomic mass is 10.3. The Balaban J connectivity index is 1.99. The first-order chi connectivity index (χ1) is 10.3. The lowest BCUT2D eigenvalue weighted by molar-refractivity contribution is -0.385. The van der Waals surface area contributed by atoms with E-state index in [4.69, 9.17) is 4.74 Å². The molecule has 7 nitrogen and oxygen atoms in total. The average molecular weight is 286 g/mol. The minimum absolute atomic E-state index is 0.0249. The average Bonchev–Trinajstić information content (AvgIpc) is 3.02.